The number of H-pyrrole nitrogens is 1. The van der Waals surface area contributed by atoms with Gasteiger partial charge < -0.3 is 14.8 Å². The smallest absolute Gasteiger partial charge is 0.254 e. The minimum absolute atomic E-state index is 0.151. The number of hydrogen-bond donors (Lipinski definition) is 1. The molecule has 0 unspecified atom stereocenters. The van der Waals surface area contributed by atoms with E-state index >= 15 is 0 Å². The van der Waals surface area contributed by atoms with Crippen LogP contribution < -0.4 is 0 Å². The van der Waals surface area contributed by atoms with Crippen LogP contribution in [0.4, 0.5) is 8.78 Å². The van der Waals surface area contributed by atoms with Gasteiger partial charge in [-0.25, -0.2) is 8.78 Å². The number of nitrogens with one attached hydrogen (secondary N) is 1. The molecule has 1 aromatic heterocycles. The monoisotopic (exact) mass is 489 g/mol. The first-order valence-electron chi connectivity index (χ1n) is 12.0. The molecule has 5 nitrogen and oxygen atoms in total. The molecule has 0 aliphatic carbocycles. The van der Waals surface area contributed by atoms with Crippen molar-refractivity contribution >= 4 is 22.7 Å². The first kappa shape index (κ1) is 25.1. The van der Waals surface area contributed by atoms with Gasteiger partial charge in [0, 0.05) is 41.8 Å². The van der Waals surface area contributed by atoms with E-state index in [4.69, 9.17) is 0 Å². The van der Waals surface area contributed by atoms with Crippen molar-refractivity contribution in [1.29, 1.82) is 0 Å². The maximum Gasteiger partial charge on any atom is 0.254 e. The molecule has 2 amide bonds. The Labute approximate surface area is 209 Å². The van der Waals surface area contributed by atoms with E-state index in [2.05, 4.69) is 4.98 Å². The van der Waals surface area contributed by atoms with Crippen LogP contribution in [0.3, 0.4) is 0 Å². The number of aromatic amines is 1. The molecule has 0 aliphatic heterocycles. The third kappa shape index (κ3) is 5.97. The number of carbonyl (C=O) groups is 2. The summed E-state index contributed by atoms with van der Waals surface area (Å²) < 4.78 is 27.2. The van der Waals surface area contributed by atoms with Crippen molar-refractivity contribution in [2.24, 2.45) is 0 Å². The van der Waals surface area contributed by atoms with E-state index in [-0.39, 0.29) is 36.4 Å². The number of rotatable bonds is 9. The summed E-state index contributed by atoms with van der Waals surface area (Å²) in [5.41, 5.74) is 3.09. The van der Waals surface area contributed by atoms with Crippen molar-refractivity contribution in [3.8, 4) is 0 Å². The summed E-state index contributed by atoms with van der Waals surface area (Å²) >= 11 is 0. The van der Waals surface area contributed by atoms with Gasteiger partial charge in [0.25, 0.3) is 5.91 Å². The number of para-hydroxylation sites is 1. The van der Waals surface area contributed by atoms with Crippen LogP contribution in [-0.2, 0) is 17.8 Å². The number of fused-ring (bicyclic) bond motifs is 1. The molecule has 0 spiro atoms. The summed E-state index contributed by atoms with van der Waals surface area (Å²) in [7, 11) is 0. The van der Waals surface area contributed by atoms with Gasteiger partial charge in [-0.2, -0.15) is 0 Å². The zero-order valence-electron chi connectivity index (χ0n) is 20.4. The average molecular weight is 490 g/mol. The SMILES string of the molecule is CC(C)N(CC(=O)N(CCc1c[nH]c2ccccc12)Cc1ccc(F)cc1)C(=O)c1cccc(F)c1. The van der Waals surface area contributed by atoms with Crippen LogP contribution in [0.5, 0.6) is 0 Å². The van der Waals surface area contributed by atoms with Crippen LogP contribution in [0.25, 0.3) is 10.9 Å². The highest BCUT2D eigenvalue weighted by molar-refractivity contribution is 5.96. The van der Waals surface area contributed by atoms with Crippen LogP contribution in [0.2, 0.25) is 0 Å². The molecule has 36 heavy (non-hydrogen) atoms. The Morgan fingerprint density at radius 2 is 1.67 bits per heavy atom. The lowest BCUT2D eigenvalue weighted by atomic mass is 10.1. The molecule has 0 radical (unpaired) electrons. The van der Waals surface area contributed by atoms with Crippen molar-refractivity contribution in [2.75, 3.05) is 13.1 Å². The van der Waals surface area contributed by atoms with Gasteiger partial charge >= 0.3 is 0 Å². The number of hydrogen-bond acceptors (Lipinski definition) is 2. The standard InChI is InChI=1S/C29H29F2N3O2/c1-20(2)34(29(36)22-6-5-7-25(31)16-22)19-28(35)33(18-21-10-12-24(30)13-11-21)15-14-23-17-32-27-9-4-3-8-26(23)27/h3-13,16-17,20,32H,14-15,18-19H2,1-2H3. The molecule has 1 N–H and O–H groups in total. The second-order valence-corrected chi connectivity index (χ2v) is 9.09. The number of halogens is 2. The molecule has 0 aliphatic rings. The van der Waals surface area contributed by atoms with Crippen LogP contribution in [0.15, 0.2) is 79.0 Å². The molecule has 0 bridgehead atoms. The fourth-order valence-electron chi connectivity index (χ4n) is 4.22. The van der Waals surface area contributed by atoms with Gasteiger partial charge in [-0.3, -0.25) is 9.59 Å². The molecule has 0 saturated heterocycles. The third-order valence-corrected chi connectivity index (χ3v) is 6.23. The van der Waals surface area contributed by atoms with Crippen molar-refractivity contribution < 1.29 is 18.4 Å². The molecule has 4 rings (SSSR count). The lowest BCUT2D eigenvalue weighted by Crippen LogP contribution is -2.46. The Hall–Kier alpha value is -4.00. The van der Waals surface area contributed by atoms with Crippen LogP contribution in [0, 0.1) is 11.6 Å². The second-order valence-electron chi connectivity index (χ2n) is 9.09. The fourth-order valence-corrected chi connectivity index (χ4v) is 4.22. The van der Waals surface area contributed by atoms with Crippen LogP contribution in [0.1, 0.15) is 35.3 Å². The zero-order chi connectivity index (χ0) is 25.7. The predicted molar refractivity (Wildman–Crippen MR) is 136 cm³/mol. The zero-order valence-corrected chi connectivity index (χ0v) is 20.4. The number of benzene rings is 3. The van der Waals surface area contributed by atoms with Crippen molar-refractivity contribution in [1.82, 2.24) is 14.8 Å². The molecule has 186 valence electrons. The Balaban J connectivity index is 1.55. The topological polar surface area (TPSA) is 56.4 Å². The van der Waals surface area contributed by atoms with E-state index in [0.717, 1.165) is 22.0 Å². The maximum atomic E-state index is 13.7. The summed E-state index contributed by atoms with van der Waals surface area (Å²) in [5.74, 6) is -1.50. The van der Waals surface area contributed by atoms with E-state index in [9.17, 15) is 18.4 Å². The van der Waals surface area contributed by atoms with Gasteiger partial charge in [-0.15, -0.1) is 0 Å². The lowest BCUT2D eigenvalue weighted by Gasteiger charge is -2.30. The lowest BCUT2D eigenvalue weighted by molar-refractivity contribution is -0.132. The maximum absolute atomic E-state index is 13.7. The van der Waals surface area contributed by atoms with Gasteiger partial charge in [-0.1, -0.05) is 36.4 Å². The summed E-state index contributed by atoms with van der Waals surface area (Å²) in [6, 6.07) is 19.2. The van der Waals surface area contributed by atoms with Gasteiger partial charge in [0.15, 0.2) is 0 Å². The summed E-state index contributed by atoms with van der Waals surface area (Å²) in [6.07, 6.45) is 2.55. The largest absolute Gasteiger partial charge is 0.361 e. The van der Waals surface area contributed by atoms with Crippen LogP contribution in [-0.4, -0.2) is 45.7 Å². The normalized spacial score (nSPS) is 11.1. The van der Waals surface area contributed by atoms with Crippen LogP contribution >= 0.6 is 0 Å². The Bertz CT molecular complexity index is 1350. The number of carbonyl (C=O) groups excluding carboxylic acids is 2. The van der Waals surface area contributed by atoms with Gasteiger partial charge in [0.1, 0.15) is 18.2 Å². The predicted octanol–water partition coefficient (Wildman–Crippen LogP) is 5.57. The Morgan fingerprint density at radius 1 is 0.917 bits per heavy atom. The minimum Gasteiger partial charge on any atom is -0.361 e. The van der Waals surface area contributed by atoms with Gasteiger partial charge in [0.2, 0.25) is 5.91 Å². The van der Waals surface area contributed by atoms with Crippen molar-refractivity contribution in [3.63, 3.8) is 0 Å². The molecule has 0 fully saturated rings. The van der Waals surface area contributed by atoms with E-state index < -0.39 is 11.7 Å². The highest BCUT2D eigenvalue weighted by atomic mass is 19.1. The fraction of sp³-hybridized carbons (Fsp3) is 0.241. The molecular formula is C29H29F2N3O2. The number of amides is 2. The average Bonchev–Trinajstić information content (AvgIpc) is 3.28. The van der Waals surface area contributed by atoms with Crippen molar-refractivity contribution in [2.45, 2.75) is 32.9 Å². The minimum atomic E-state index is -0.507. The highest BCUT2D eigenvalue weighted by Crippen LogP contribution is 2.19. The number of nitrogens with zero attached hydrogens (tertiary/aromatic N) is 2. The molecule has 0 saturated carbocycles. The van der Waals surface area contributed by atoms with Gasteiger partial charge in [-0.05, 0) is 67.8 Å². The molecular weight excluding hydrogens is 460 g/mol. The molecule has 3 aromatic carbocycles. The third-order valence-electron chi connectivity index (χ3n) is 6.23. The van der Waals surface area contributed by atoms with E-state index in [1.54, 1.807) is 23.1 Å². The first-order chi connectivity index (χ1) is 17.3. The molecule has 7 heteroatoms. The Morgan fingerprint density at radius 3 is 2.39 bits per heavy atom. The second kappa shape index (κ2) is 11.2. The summed E-state index contributed by atoms with van der Waals surface area (Å²) in [5, 5.41) is 1.09. The highest BCUT2D eigenvalue weighted by Gasteiger charge is 2.25. The molecule has 0 atom stereocenters. The van der Waals surface area contributed by atoms with E-state index in [1.807, 2.05) is 44.3 Å². The first-order valence-corrected chi connectivity index (χ1v) is 12.0. The molecule has 1 heterocycles. The Kier molecular flexibility index (Phi) is 7.78. The quantitative estimate of drug-likeness (QED) is 0.334. The van der Waals surface area contributed by atoms with Gasteiger partial charge in [0.05, 0.1) is 0 Å². The van der Waals surface area contributed by atoms with E-state index in [1.165, 1.54) is 35.2 Å². The summed E-state index contributed by atoms with van der Waals surface area (Å²) in [4.78, 5) is 33.0. The van der Waals surface area contributed by atoms with E-state index in [0.29, 0.717) is 13.0 Å². The molecule has 4 aromatic rings. The number of aromatic nitrogens is 1. The summed E-state index contributed by atoms with van der Waals surface area (Å²) in [6.45, 7) is 4.18. The van der Waals surface area contributed by atoms with Crippen molar-refractivity contribution in [3.05, 3.63) is 107 Å².